The molecule has 0 amide bonds. The molecule has 204 valence electrons. The van der Waals surface area contributed by atoms with E-state index in [2.05, 4.69) is 10.5 Å². The number of rotatable bonds is 7. The van der Waals surface area contributed by atoms with Gasteiger partial charge >= 0.3 is 0 Å². The van der Waals surface area contributed by atoms with Gasteiger partial charge in [-0.05, 0) is 57.2 Å². The van der Waals surface area contributed by atoms with Gasteiger partial charge in [0.25, 0.3) is 0 Å². The summed E-state index contributed by atoms with van der Waals surface area (Å²) in [4.78, 5) is 0. The summed E-state index contributed by atoms with van der Waals surface area (Å²) < 4.78 is 70.5. The van der Waals surface area contributed by atoms with Crippen LogP contribution in [0.1, 0.15) is 66.0 Å². The average Bonchev–Trinajstić information content (AvgIpc) is 3.33. The maximum Gasteiger partial charge on any atom is 0.221 e. The van der Waals surface area contributed by atoms with Gasteiger partial charge in [0.2, 0.25) is 10.0 Å². The Labute approximate surface area is 222 Å². The Hall–Kier alpha value is -2.66. The molecule has 2 aliphatic heterocycles. The first-order chi connectivity index (χ1) is 18.2. The Morgan fingerprint density at radius 1 is 1.08 bits per heavy atom. The van der Waals surface area contributed by atoms with Crippen molar-refractivity contribution in [3.05, 3.63) is 88.3 Å². The van der Waals surface area contributed by atoms with Gasteiger partial charge in [0, 0.05) is 49.5 Å². The van der Waals surface area contributed by atoms with E-state index in [9.17, 15) is 8.42 Å². The van der Waals surface area contributed by atoms with Gasteiger partial charge in [0.1, 0.15) is 22.6 Å². The quantitative estimate of drug-likeness (QED) is 0.444. The Kier molecular flexibility index (Phi) is 7.68. The van der Waals surface area contributed by atoms with Gasteiger partial charge in [-0.2, -0.15) is 4.31 Å². The van der Waals surface area contributed by atoms with Crippen LogP contribution in [0.25, 0.3) is 0 Å². The van der Waals surface area contributed by atoms with Gasteiger partial charge in [0.15, 0.2) is 0 Å². The summed E-state index contributed by atoms with van der Waals surface area (Å²) in [5, 5.41) is 6.67. The number of halogens is 2. The normalized spacial score (nSPS) is 23.4. The highest BCUT2D eigenvalue weighted by atomic mass is 32.2. The lowest BCUT2D eigenvalue weighted by Crippen LogP contribution is -2.47. The van der Waals surface area contributed by atoms with Crippen LogP contribution < -0.4 is 5.32 Å². The molecule has 2 saturated heterocycles. The molecule has 5 rings (SSSR count). The Balaban J connectivity index is 1.42. The van der Waals surface area contributed by atoms with Gasteiger partial charge in [-0.3, -0.25) is 0 Å². The van der Waals surface area contributed by atoms with Crippen molar-refractivity contribution in [1.82, 2.24) is 14.8 Å². The van der Waals surface area contributed by atoms with Crippen LogP contribution >= 0.6 is 0 Å². The molecule has 0 radical (unpaired) electrons. The highest BCUT2D eigenvalue weighted by Gasteiger charge is 2.42. The average molecular weight is 546 g/mol. The number of ether oxygens (including phenoxy) is 1. The minimum atomic E-state index is -3.77. The number of benzene rings is 2. The first-order valence-electron chi connectivity index (χ1n) is 13.0. The summed E-state index contributed by atoms with van der Waals surface area (Å²) in [5.41, 5.74) is 0.755. The topological polar surface area (TPSA) is 84.7 Å². The van der Waals surface area contributed by atoms with Crippen LogP contribution in [0.5, 0.6) is 0 Å². The lowest BCUT2D eigenvalue weighted by atomic mass is 9.81. The number of aryl methyl sites for hydroxylation is 1. The monoisotopic (exact) mass is 545 g/mol. The molecule has 3 heterocycles. The minimum Gasteiger partial charge on any atom is -0.381 e. The Morgan fingerprint density at radius 3 is 2.50 bits per heavy atom. The lowest BCUT2D eigenvalue weighted by Gasteiger charge is -2.39. The molecular weight excluding hydrogens is 512 g/mol. The second-order valence-electron chi connectivity index (χ2n) is 10.3. The molecule has 2 fully saturated rings. The van der Waals surface area contributed by atoms with Gasteiger partial charge < -0.3 is 14.6 Å². The molecule has 38 heavy (non-hydrogen) atoms. The number of nitrogens with one attached hydrogen (secondary N) is 1. The molecular formula is C28H33F2N3O4S. The van der Waals surface area contributed by atoms with Gasteiger partial charge in [-0.25, -0.2) is 17.2 Å². The standard InChI is InChI=1S/C28H33F2N3O4S/c1-19-8-9-27(21-6-4-3-5-7-21)38(34,35)33(19)18-22-15-26(30)24(16-25(22)29)28(10-12-36-13-11-28)31-17-23-14-20(2)37-32-23/h3-7,14-16,19,27,31H,8-13,17-18H2,1-2H3/t19-,27+/m0/s1. The van der Waals surface area contributed by atoms with Crippen LogP contribution in [0, 0.1) is 18.6 Å². The molecule has 1 aromatic heterocycles. The molecule has 0 unspecified atom stereocenters. The fourth-order valence-corrected chi connectivity index (χ4v) is 7.81. The zero-order valence-electron chi connectivity index (χ0n) is 21.6. The Morgan fingerprint density at radius 2 is 1.82 bits per heavy atom. The molecule has 0 spiro atoms. The predicted octanol–water partition coefficient (Wildman–Crippen LogP) is 5.11. The number of hydrogen-bond acceptors (Lipinski definition) is 6. The first-order valence-corrected chi connectivity index (χ1v) is 14.5. The van der Waals surface area contributed by atoms with Crippen molar-refractivity contribution in [2.45, 2.75) is 69.5 Å². The number of aromatic nitrogens is 1. The number of nitrogens with zero attached hydrogens (tertiary/aromatic N) is 2. The molecule has 10 heteroatoms. The molecule has 2 aromatic carbocycles. The highest BCUT2D eigenvalue weighted by molar-refractivity contribution is 7.89. The number of sulfonamides is 1. The number of hydrogen-bond donors (Lipinski definition) is 1. The minimum absolute atomic E-state index is 0.0183. The van der Waals surface area contributed by atoms with Crippen molar-refractivity contribution in [1.29, 1.82) is 0 Å². The van der Waals surface area contributed by atoms with E-state index in [1.165, 1.54) is 10.4 Å². The highest BCUT2D eigenvalue weighted by Crippen LogP contribution is 2.39. The van der Waals surface area contributed by atoms with Gasteiger partial charge in [0.05, 0.1) is 11.2 Å². The summed E-state index contributed by atoms with van der Waals surface area (Å²) in [7, 11) is -3.77. The van der Waals surface area contributed by atoms with Crippen molar-refractivity contribution in [2.24, 2.45) is 0 Å². The molecule has 1 N–H and O–H groups in total. The van der Waals surface area contributed by atoms with Crippen LogP contribution in [-0.2, 0) is 33.4 Å². The molecule has 2 aliphatic rings. The summed E-state index contributed by atoms with van der Waals surface area (Å²) in [6, 6.07) is 12.9. The first kappa shape index (κ1) is 26.9. The zero-order valence-corrected chi connectivity index (χ0v) is 22.4. The predicted molar refractivity (Wildman–Crippen MR) is 139 cm³/mol. The molecule has 0 aliphatic carbocycles. The lowest BCUT2D eigenvalue weighted by molar-refractivity contribution is 0.0340. The van der Waals surface area contributed by atoms with Crippen LogP contribution in [0.2, 0.25) is 0 Å². The zero-order chi connectivity index (χ0) is 26.9. The fraction of sp³-hybridized carbons (Fsp3) is 0.464. The fourth-order valence-electron chi connectivity index (χ4n) is 5.62. The molecule has 2 atom stereocenters. The Bertz CT molecular complexity index is 1370. The smallest absolute Gasteiger partial charge is 0.221 e. The molecule has 7 nitrogen and oxygen atoms in total. The third kappa shape index (κ3) is 5.27. The van der Waals surface area contributed by atoms with E-state index in [4.69, 9.17) is 9.26 Å². The SMILES string of the molecule is Cc1cc(CNC2(c3cc(F)c(CN4[C@@H](C)CC[C@H](c5ccccc5)S4(=O)=O)cc3F)CCOCC2)no1. The third-order valence-corrected chi connectivity index (χ3v) is 10.2. The van der Waals surface area contributed by atoms with Crippen molar-refractivity contribution >= 4 is 10.0 Å². The van der Waals surface area contributed by atoms with E-state index < -0.39 is 32.4 Å². The van der Waals surface area contributed by atoms with Gasteiger partial charge in [-0.1, -0.05) is 35.5 Å². The summed E-state index contributed by atoms with van der Waals surface area (Å²) >= 11 is 0. The van der Waals surface area contributed by atoms with Gasteiger partial charge in [-0.15, -0.1) is 0 Å². The molecule has 0 bridgehead atoms. The third-order valence-electron chi connectivity index (χ3n) is 7.80. The largest absolute Gasteiger partial charge is 0.381 e. The second-order valence-corrected chi connectivity index (χ2v) is 12.4. The van der Waals surface area contributed by atoms with Crippen LogP contribution in [0.15, 0.2) is 53.1 Å². The van der Waals surface area contributed by atoms with Crippen LogP contribution in [0.3, 0.4) is 0 Å². The van der Waals surface area contributed by atoms with E-state index in [0.717, 1.165) is 6.07 Å². The van der Waals surface area contributed by atoms with E-state index in [0.29, 0.717) is 62.5 Å². The molecule has 3 aromatic rings. The van der Waals surface area contributed by atoms with E-state index in [-0.39, 0.29) is 23.7 Å². The van der Waals surface area contributed by atoms with E-state index >= 15 is 8.78 Å². The van der Waals surface area contributed by atoms with Crippen LogP contribution in [-0.4, -0.2) is 37.1 Å². The van der Waals surface area contributed by atoms with Crippen molar-refractivity contribution in [2.75, 3.05) is 13.2 Å². The van der Waals surface area contributed by atoms with Crippen molar-refractivity contribution in [3.8, 4) is 0 Å². The summed E-state index contributed by atoms with van der Waals surface area (Å²) in [6.07, 6.45) is 2.03. The van der Waals surface area contributed by atoms with E-state index in [1.54, 1.807) is 25.1 Å². The van der Waals surface area contributed by atoms with E-state index in [1.807, 2.05) is 25.1 Å². The van der Waals surface area contributed by atoms with Crippen molar-refractivity contribution < 1.29 is 26.5 Å². The maximum absolute atomic E-state index is 15.7. The summed E-state index contributed by atoms with van der Waals surface area (Å²) in [5.74, 6) is -0.537. The van der Waals surface area contributed by atoms with Crippen LogP contribution in [0.4, 0.5) is 8.78 Å². The maximum atomic E-state index is 15.7. The second kappa shape index (κ2) is 10.8. The van der Waals surface area contributed by atoms with Crippen molar-refractivity contribution in [3.63, 3.8) is 0 Å². The molecule has 0 saturated carbocycles. The summed E-state index contributed by atoms with van der Waals surface area (Å²) in [6.45, 7) is 4.51.